The predicted octanol–water partition coefficient (Wildman–Crippen LogP) is -1.36. The van der Waals surface area contributed by atoms with E-state index in [1.54, 1.807) is 0 Å². The number of nitrogens with zero attached hydrogens (tertiary/aromatic N) is 1. The maximum absolute atomic E-state index is 8.09. The molecular weight excluding hydrogens is 146 g/mol. The molecule has 11 heavy (non-hydrogen) atoms. The first-order chi connectivity index (χ1) is 5.22. The van der Waals surface area contributed by atoms with Gasteiger partial charge in [-0.25, -0.2) is 5.43 Å². The standard InChI is InChI=1S/C3H8.C2H9N5O/c1-3-2;3-2(6-4)7-5-1-8/h3H2,1-2H3;5,8H,1,4H2,(H3,3,6,7). The quantitative estimate of drug-likeness (QED) is 0.113. The van der Waals surface area contributed by atoms with Crippen molar-refractivity contribution in [2.45, 2.75) is 20.3 Å². The number of hydrazine groups is 1. The first kappa shape index (κ1) is 12.6. The van der Waals surface area contributed by atoms with E-state index < -0.39 is 0 Å². The Morgan fingerprint density at radius 3 is 2.27 bits per heavy atom. The fraction of sp³-hybridized carbons (Fsp3) is 0.800. The van der Waals surface area contributed by atoms with Gasteiger partial charge in [0.1, 0.15) is 6.73 Å². The second kappa shape index (κ2) is 11.7. The lowest BCUT2D eigenvalue weighted by molar-refractivity contribution is 0.252. The number of guanidine groups is 1. The highest BCUT2D eigenvalue weighted by Crippen LogP contribution is 1.56. The van der Waals surface area contributed by atoms with E-state index >= 15 is 0 Å². The molecule has 0 saturated carbocycles. The van der Waals surface area contributed by atoms with Crippen molar-refractivity contribution in [3.8, 4) is 0 Å². The Bertz CT molecular complexity index is 94.9. The zero-order valence-electron chi connectivity index (χ0n) is 6.96. The van der Waals surface area contributed by atoms with Crippen LogP contribution in [-0.4, -0.2) is 17.8 Å². The highest BCUT2D eigenvalue weighted by atomic mass is 16.3. The summed E-state index contributed by atoms with van der Waals surface area (Å²) in [5, 5.41) is 11.1. The Morgan fingerprint density at radius 2 is 2.00 bits per heavy atom. The second-order valence-corrected chi connectivity index (χ2v) is 1.68. The van der Waals surface area contributed by atoms with E-state index in [4.69, 9.17) is 16.7 Å². The van der Waals surface area contributed by atoms with Crippen LogP contribution in [-0.2, 0) is 0 Å². The summed E-state index contributed by atoms with van der Waals surface area (Å²) in [4.78, 5) is 0. The molecule has 0 saturated heterocycles. The average molecular weight is 163 g/mol. The van der Waals surface area contributed by atoms with E-state index in [9.17, 15) is 0 Å². The Kier molecular flexibility index (Phi) is 13.5. The van der Waals surface area contributed by atoms with Gasteiger partial charge in [-0.1, -0.05) is 20.3 Å². The maximum Gasteiger partial charge on any atom is 0.225 e. The van der Waals surface area contributed by atoms with Gasteiger partial charge in [-0.15, -0.1) is 5.10 Å². The minimum absolute atomic E-state index is 0.0269. The van der Waals surface area contributed by atoms with Crippen molar-refractivity contribution in [3.63, 3.8) is 0 Å². The fourth-order valence-electron chi connectivity index (χ4n) is 0.162. The van der Waals surface area contributed by atoms with E-state index in [1.165, 1.54) is 6.42 Å². The van der Waals surface area contributed by atoms with Gasteiger partial charge >= 0.3 is 0 Å². The van der Waals surface area contributed by atoms with Crippen LogP contribution in [0.4, 0.5) is 0 Å². The third kappa shape index (κ3) is 17.6. The molecule has 6 heteroatoms. The van der Waals surface area contributed by atoms with Gasteiger partial charge in [0, 0.05) is 0 Å². The molecule has 0 fully saturated rings. The zero-order chi connectivity index (χ0) is 9.11. The summed E-state index contributed by atoms with van der Waals surface area (Å²) in [7, 11) is 0. The predicted molar refractivity (Wildman–Crippen MR) is 45.1 cm³/mol. The fourth-order valence-corrected chi connectivity index (χ4v) is 0.162. The Labute approximate surface area is 66.6 Å². The van der Waals surface area contributed by atoms with Crippen LogP contribution in [0.1, 0.15) is 20.3 Å². The molecule has 0 rings (SSSR count). The topological polar surface area (TPSA) is 109 Å². The van der Waals surface area contributed by atoms with Gasteiger partial charge in [-0.3, -0.25) is 5.43 Å². The molecule has 0 aromatic heterocycles. The Balaban J connectivity index is 0. The number of hydrazone groups is 1. The van der Waals surface area contributed by atoms with E-state index in [0.29, 0.717) is 0 Å². The highest BCUT2D eigenvalue weighted by Gasteiger charge is 1.81. The molecule has 0 aliphatic rings. The van der Waals surface area contributed by atoms with Crippen molar-refractivity contribution in [2.24, 2.45) is 16.7 Å². The summed E-state index contributed by atoms with van der Waals surface area (Å²) >= 11 is 0. The van der Waals surface area contributed by atoms with E-state index in [1.807, 2.05) is 0 Å². The van der Waals surface area contributed by atoms with Crippen molar-refractivity contribution in [3.05, 3.63) is 0 Å². The van der Waals surface area contributed by atoms with Crippen LogP contribution in [0.25, 0.3) is 0 Å². The molecule has 0 bridgehead atoms. The summed E-state index contributed by atoms with van der Waals surface area (Å²) in [6.07, 6.45) is 1.25. The molecule has 68 valence electrons. The normalized spacial score (nSPS) is 9.91. The first-order valence-electron chi connectivity index (χ1n) is 3.35. The van der Waals surface area contributed by atoms with Crippen molar-refractivity contribution in [1.29, 1.82) is 0 Å². The number of nitrogens with two attached hydrogens (primary N) is 2. The van der Waals surface area contributed by atoms with E-state index in [2.05, 4.69) is 29.8 Å². The van der Waals surface area contributed by atoms with Crippen LogP contribution in [0, 0.1) is 0 Å². The summed E-state index contributed by atoms with van der Waals surface area (Å²) in [5.74, 6) is 4.72. The lowest BCUT2D eigenvalue weighted by Gasteiger charge is -2.00. The molecular formula is C5H17N5O. The van der Waals surface area contributed by atoms with Crippen LogP contribution < -0.4 is 22.4 Å². The van der Waals surface area contributed by atoms with Gasteiger partial charge in [0.05, 0.1) is 0 Å². The lowest BCUT2D eigenvalue weighted by atomic mass is 10.6. The van der Waals surface area contributed by atoms with Crippen molar-refractivity contribution >= 4 is 5.96 Å². The minimum Gasteiger partial charge on any atom is -0.380 e. The third-order valence-corrected chi connectivity index (χ3v) is 0.435. The number of nitrogens with one attached hydrogen (secondary N) is 2. The smallest absolute Gasteiger partial charge is 0.225 e. The number of aliphatic hydroxyl groups is 1. The molecule has 7 N–H and O–H groups in total. The molecule has 0 radical (unpaired) electrons. The number of rotatable bonds is 2. The van der Waals surface area contributed by atoms with Gasteiger partial charge in [0.25, 0.3) is 0 Å². The van der Waals surface area contributed by atoms with Gasteiger partial charge < -0.3 is 16.7 Å². The Morgan fingerprint density at radius 1 is 1.55 bits per heavy atom. The summed E-state index contributed by atoms with van der Waals surface area (Å²) < 4.78 is 0. The highest BCUT2D eigenvalue weighted by molar-refractivity contribution is 5.76. The molecule has 0 spiro atoms. The van der Waals surface area contributed by atoms with Crippen molar-refractivity contribution in [2.75, 3.05) is 6.73 Å². The Hall–Kier alpha value is -1.01. The van der Waals surface area contributed by atoms with Crippen LogP contribution in [0.3, 0.4) is 0 Å². The molecule has 6 nitrogen and oxygen atoms in total. The van der Waals surface area contributed by atoms with Crippen LogP contribution in [0.5, 0.6) is 0 Å². The molecule has 0 aliphatic carbocycles. The summed E-state index contributed by atoms with van der Waals surface area (Å²) in [6.45, 7) is 4.02. The molecule has 0 amide bonds. The lowest BCUT2D eigenvalue weighted by Crippen LogP contribution is -2.43. The number of aliphatic hydroxyl groups excluding tert-OH is 1. The third-order valence-electron chi connectivity index (χ3n) is 0.435. The average Bonchev–Trinajstić information content (AvgIpc) is 2.02. The largest absolute Gasteiger partial charge is 0.380 e. The monoisotopic (exact) mass is 163 g/mol. The van der Waals surface area contributed by atoms with Crippen LogP contribution in [0.15, 0.2) is 5.10 Å². The first-order valence-corrected chi connectivity index (χ1v) is 3.35. The molecule has 0 aliphatic heterocycles. The van der Waals surface area contributed by atoms with Gasteiger partial charge in [0.15, 0.2) is 0 Å². The van der Waals surface area contributed by atoms with Gasteiger partial charge in [0.2, 0.25) is 5.96 Å². The van der Waals surface area contributed by atoms with Crippen LogP contribution >= 0.6 is 0 Å². The minimum atomic E-state index is -0.226. The summed E-state index contributed by atoms with van der Waals surface area (Å²) in [5.41, 5.74) is 9.55. The molecule has 0 heterocycles. The van der Waals surface area contributed by atoms with Gasteiger partial charge in [-0.2, -0.15) is 0 Å². The zero-order valence-corrected chi connectivity index (χ0v) is 6.96. The molecule has 0 unspecified atom stereocenters. The van der Waals surface area contributed by atoms with Crippen molar-refractivity contribution < 1.29 is 5.11 Å². The maximum atomic E-state index is 8.09. The molecule has 0 aromatic carbocycles. The molecule has 0 aromatic rings. The van der Waals surface area contributed by atoms with Crippen LogP contribution in [0.2, 0.25) is 0 Å². The number of hydrogen-bond acceptors (Lipinski definition) is 4. The van der Waals surface area contributed by atoms with E-state index in [0.717, 1.165) is 0 Å². The van der Waals surface area contributed by atoms with Crippen molar-refractivity contribution in [1.82, 2.24) is 10.9 Å². The number of hydrogen-bond donors (Lipinski definition) is 5. The second-order valence-electron chi connectivity index (χ2n) is 1.68. The summed E-state index contributed by atoms with van der Waals surface area (Å²) in [6, 6.07) is 0. The molecule has 0 atom stereocenters. The SMILES string of the molecule is CCC.NN=C(N)NNCO. The van der Waals surface area contributed by atoms with Gasteiger partial charge in [-0.05, 0) is 0 Å². The van der Waals surface area contributed by atoms with E-state index in [-0.39, 0.29) is 12.7 Å².